The first kappa shape index (κ1) is 14.7. The number of carbonyl (C=O) groups excluding carboxylic acids is 1. The number of fused-ring (bicyclic) bond motifs is 1. The van der Waals surface area contributed by atoms with Gasteiger partial charge in [-0.2, -0.15) is 0 Å². The van der Waals surface area contributed by atoms with Crippen molar-refractivity contribution >= 4 is 33.3 Å². The average molecular weight is 355 g/mol. The summed E-state index contributed by atoms with van der Waals surface area (Å²) in [5.74, 6) is 0.567. The largest absolute Gasteiger partial charge is 0.380 e. The van der Waals surface area contributed by atoms with Crippen LogP contribution in [-0.2, 0) is 9.53 Å². The molecule has 1 unspecified atom stereocenters. The van der Waals surface area contributed by atoms with Crippen LogP contribution in [0, 0.1) is 0 Å². The molecule has 0 spiro atoms. The van der Waals surface area contributed by atoms with E-state index in [1.54, 1.807) is 6.20 Å². The van der Waals surface area contributed by atoms with Crippen molar-refractivity contribution in [3.63, 3.8) is 0 Å². The van der Waals surface area contributed by atoms with E-state index in [1.165, 1.54) is 0 Å². The van der Waals surface area contributed by atoms with E-state index >= 15 is 0 Å². The second-order valence-electron chi connectivity index (χ2n) is 5.65. The van der Waals surface area contributed by atoms with Gasteiger partial charge >= 0.3 is 0 Å². The molecule has 1 aromatic rings. The van der Waals surface area contributed by atoms with E-state index in [-0.39, 0.29) is 24.2 Å². The minimum Gasteiger partial charge on any atom is -0.380 e. The van der Waals surface area contributed by atoms with Gasteiger partial charge in [-0.05, 0) is 35.8 Å². The molecule has 3 atom stereocenters. The second kappa shape index (κ2) is 5.90. The molecule has 1 aromatic heterocycles. The lowest BCUT2D eigenvalue weighted by molar-refractivity contribution is -0.127. The lowest BCUT2D eigenvalue weighted by atomic mass is 10.1. The average Bonchev–Trinajstić information content (AvgIpc) is 2.56. The van der Waals surface area contributed by atoms with Gasteiger partial charge < -0.3 is 15.4 Å². The van der Waals surface area contributed by atoms with Crippen LogP contribution in [-0.4, -0.2) is 53.7 Å². The predicted molar refractivity (Wildman–Crippen MR) is 84.4 cm³/mol. The number of hydrogen-bond donors (Lipinski definition) is 2. The number of pyridine rings is 1. The van der Waals surface area contributed by atoms with E-state index in [9.17, 15) is 4.79 Å². The number of anilines is 2. The van der Waals surface area contributed by atoms with Crippen LogP contribution in [0.5, 0.6) is 0 Å². The number of nitrogens with one attached hydrogen (secondary N) is 2. The van der Waals surface area contributed by atoms with E-state index < -0.39 is 0 Å². The van der Waals surface area contributed by atoms with E-state index in [1.807, 2.05) is 19.9 Å². The summed E-state index contributed by atoms with van der Waals surface area (Å²) in [5.41, 5.74) is 0.842. The lowest BCUT2D eigenvalue weighted by Crippen LogP contribution is -2.55. The number of halogens is 1. The molecule has 1 fully saturated rings. The van der Waals surface area contributed by atoms with Gasteiger partial charge in [0.2, 0.25) is 5.91 Å². The molecule has 2 aliphatic rings. The van der Waals surface area contributed by atoms with Gasteiger partial charge in [-0.25, -0.2) is 4.98 Å². The minimum atomic E-state index is -0.216. The van der Waals surface area contributed by atoms with Gasteiger partial charge in [-0.1, -0.05) is 0 Å². The number of aromatic nitrogens is 1. The SMILES string of the molecule is C[C@@H]1CN(C2CNc3cc(Br)cnc3NC2=O)C[C@H](C)O1. The van der Waals surface area contributed by atoms with Gasteiger partial charge in [-0.15, -0.1) is 0 Å². The number of ether oxygens (including phenoxy) is 1. The smallest absolute Gasteiger partial charge is 0.244 e. The third-order valence-electron chi connectivity index (χ3n) is 3.77. The van der Waals surface area contributed by atoms with Crippen LogP contribution < -0.4 is 10.6 Å². The van der Waals surface area contributed by atoms with Crippen molar-refractivity contribution in [3.8, 4) is 0 Å². The molecule has 3 heterocycles. The molecule has 1 amide bonds. The zero-order valence-electron chi connectivity index (χ0n) is 12.1. The molecule has 2 N–H and O–H groups in total. The van der Waals surface area contributed by atoms with Crippen LogP contribution in [0.1, 0.15) is 13.8 Å². The van der Waals surface area contributed by atoms with Gasteiger partial charge in [0.05, 0.1) is 17.9 Å². The van der Waals surface area contributed by atoms with Crippen LogP contribution in [0.15, 0.2) is 16.7 Å². The van der Waals surface area contributed by atoms with Crippen molar-refractivity contribution in [2.75, 3.05) is 30.3 Å². The van der Waals surface area contributed by atoms with Crippen molar-refractivity contribution in [1.29, 1.82) is 0 Å². The maximum atomic E-state index is 12.5. The molecule has 114 valence electrons. The van der Waals surface area contributed by atoms with Crippen molar-refractivity contribution in [2.45, 2.75) is 32.1 Å². The monoisotopic (exact) mass is 354 g/mol. The minimum absolute atomic E-state index is 0.0163. The predicted octanol–water partition coefficient (Wildman–Crippen LogP) is 1.69. The van der Waals surface area contributed by atoms with E-state index in [0.717, 1.165) is 23.2 Å². The van der Waals surface area contributed by atoms with Gasteiger partial charge in [0.1, 0.15) is 6.04 Å². The molecule has 0 radical (unpaired) electrons. The molecule has 0 aromatic carbocycles. The van der Waals surface area contributed by atoms with Crippen LogP contribution in [0.25, 0.3) is 0 Å². The number of rotatable bonds is 1. The van der Waals surface area contributed by atoms with Gasteiger partial charge in [-0.3, -0.25) is 9.69 Å². The Hall–Kier alpha value is -1.18. The number of nitrogens with zero attached hydrogens (tertiary/aromatic N) is 2. The maximum Gasteiger partial charge on any atom is 0.244 e. The highest BCUT2D eigenvalue weighted by Gasteiger charge is 2.34. The first-order valence-corrected chi connectivity index (χ1v) is 7.92. The molecule has 6 nitrogen and oxygen atoms in total. The van der Waals surface area contributed by atoms with Crippen LogP contribution in [0.2, 0.25) is 0 Å². The maximum absolute atomic E-state index is 12.5. The summed E-state index contributed by atoms with van der Waals surface area (Å²) in [7, 11) is 0. The van der Waals surface area contributed by atoms with Crippen molar-refractivity contribution in [3.05, 3.63) is 16.7 Å². The zero-order chi connectivity index (χ0) is 15.0. The molecule has 0 aliphatic carbocycles. The lowest BCUT2D eigenvalue weighted by Gasteiger charge is -2.38. The molecular weight excluding hydrogens is 336 g/mol. The Labute approximate surface area is 132 Å². The highest BCUT2D eigenvalue weighted by Crippen LogP contribution is 2.26. The second-order valence-corrected chi connectivity index (χ2v) is 6.56. The third kappa shape index (κ3) is 3.20. The topological polar surface area (TPSA) is 66.5 Å². The molecule has 0 saturated carbocycles. The summed E-state index contributed by atoms with van der Waals surface area (Å²) in [5, 5.41) is 6.23. The Kier molecular flexibility index (Phi) is 4.14. The number of morpholine rings is 1. The Morgan fingerprint density at radius 1 is 1.38 bits per heavy atom. The quantitative estimate of drug-likeness (QED) is 0.803. The number of hydrogen-bond acceptors (Lipinski definition) is 5. The molecule has 3 rings (SSSR count). The Bertz CT molecular complexity index is 544. The van der Waals surface area contributed by atoms with Crippen molar-refractivity contribution < 1.29 is 9.53 Å². The summed E-state index contributed by atoms with van der Waals surface area (Å²) in [6.07, 6.45) is 1.96. The third-order valence-corrected chi connectivity index (χ3v) is 4.21. The summed E-state index contributed by atoms with van der Waals surface area (Å²) in [4.78, 5) is 18.9. The Balaban J connectivity index is 1.79. The molecule has 0 bridgehead atoms. The summed E-state index contributed by atoms with van der Waals surface area (Å²) in [6.45, 7) is 6.17. The highest BCUT2D eigenvalue weighted by atomic mass is 79.9. The molecule has 7 heteroatoms. The van der Waals surface area contributed by atoms with E-state index in [4.69, 9.17) is 4.74 Å². The normalized spacial score (nSPS) is 30.0. The number of amides is 1. The van der Waals surface area contributed by atoms with Gasteiger partial charge in [0.15, 0.2) is 5.82 Å². The zero-order valence-corrected chi connectivity index (χ0v) is 13.7. The molecule has 2 aliphatic heterocycles. The number of carbonyl (C=O) groups is 1. The fourth-order valence-corrected chi connectivity index (χ4v) is 3.27. The molecule has 1 saturated heterocycles. The van der Waals surface area contributed by atoms with E-state index in [0.29, 0.717) is 12.4 Å². The van der Waals surface area contributed by atoms with E-state index in [2.05, 4.69) is 36.4 Å². The fraction of sp³-hybridized carbons (Fsp3) is 0.571. The highest BCUT2D eigenvalue weighted by molar-refractivity contribution is 9.10. The Morgan fingerprint density at radius 2 is 2.10 bits per heavy atom. The van der Waals surface area contributed by atoms with Crippen LogP contribution in [0.4, 0.5) is 11.5 Å². The summed E-state index contributed by atoms with van der Waals surface area (Å²) in [6, 6.07) is 1.71. The molecular formula is C14H19BrN4O2. The first-order chi connectivity index (χ1) is 10.0. The fourth-order valence-electron chi connectivity index (χ4n) is 2.94. The van der Waals surface area contributed by atoms with Crippen molar-refractivity contribution in [2.24, 2.45) is 0 Å². The summed E-state index contributed by atoms with van der Waals surface area (Å²) >= 11 is 3.40. The Morgan fingerprint density at radius 3 is 2.81 bits per heavy atom. The van der Waals surface area contributed by atoms with Crippen molar-refractivity contribution in [1.82, 2.24) is 9.88 Å². The molecule has 21 heavy (non-hydrogen) atoms. The van der Waals surface area contributed by atoms with Crippen LogP contribution >= 0.6 is 15.9 Å². The van der Waals surface area contributed by atoms with Gasteiger partial charge in [0, 0.05) is 30.3 Å². The first-order valence-electron chi connectivity index (χ1n) is 7.12. The standard InChI is InChI=1S/C14H19BrN4O2/c1-8-6-19(7-9(2)21-8)12-5-16-11-3-10(15)4-17-13(11)18-14(12)20/h3-4,8-9,12,16H,5-7H2,1-2H3,(H,17,18,20)/t8-,9+,12?. The van der Waals surface area contributed by atoms with Gasteiger partial charge in [0.25, 0.3) is 0 Å². The van der Waals surface area contributed by atoms with Crippen LogP contribution in [0.3, 0.4) is 0 Å². The summed E-state index contributed by atoms with van der Waals surface area (Å²) < 4.78 is 6.62.